The van der Waals surface area contributed by atoms with Crippen LogP contribution in [0.15, 0.2) is 30.2 Å². The van der Waals surface area contributed by atoms with E-state index in [1.807, 2.05) is 16.7 Å². The number of hydrogen-bond donors (Lipinski definition) is 0. The average molecular weight is 434 g/mol. The molecule has 0 aliphatic heterocycles. The van der Waals surface area contributed by atoms with Crippen LogP contribution in [0.5, 0.6) is 0 Å². The number of imidazole rings is 1. The molecule has 0 aromatic carbocycles. The minimum absolute atomic E-state index is 0.280. The van der Waals surface area contributed by atoms with Crippen molar-refractivity contribution < 1.29 is 0 Å². The quantitative estimate of drug-likeness (QED) is 0.581. The van der Waals surface area contributed by atoms with Gasteiger partial charge in [-0.2, -0.15) is 0 Å². The van der Waals surface area contributed by atoms with Gasteiger partial charge in [0.25, 0.3) is 5.56 Å². The fourth-order valence-electron chi connectivity index (χ4n) is 2.20. The molecular weight excluding hydrogens is 424 g/mol. The number of aromatic nitrogens is 4. The van der Waals surface area contributed by atoms with E-state index in [9.17, 15) is 9.59 Å². The largest absolute Gasteiger partial charge is 0.332 e. The Labute approximate surface area is 139 Å². The highest BCUT2D eigenvalue weighted by Crippen LogP contribution is 2.25. The SMILES string of the molecule is Cn1c(=O)c2nc(Br)n(Cc3ccc(Br)s3)c2n(C)c1=O. The Kier molecular flexibility index (Phi) is 3.66. The van der Waals surface area contributed by atoms with E-state index in [1.165, 1.54) is 11.6 Å². The van der Waals surface area contributed by atoms with Gasteiger partial charge < -0.3 is 0 Å². The van der Waals surface area contributed by atoms with Crippen LogP contribution in [0.4, 0.5) is 0 Å². The van der Waals surface area contributed by atoms with Crippen LogP contribution in [0.25, 0.3) is 11.2 Å². The Morgan fingerprint density at radius 2 is 1.90 bits per heavy atom. The molecule has 3 rings (SSSR count). The van der Waals surface area contributed by atoms with E-state index in [0.29, 0.717) is 16.9 Å². The molecule has 0 fully saturated rings. The summed E-state index contributed by atoms with van der Waals surface area (Å²) in [4.78, 5) is 29.6. The summed E-state index contributed by atoms with van der Waals surface area (Å²) in [6, 6.07) is 3.96. The fourth-order valence-corrected chi connectivity index (χ4v) is 4.14. The predicted octanol–water partition coefficient (Wildman–Crippen LogP) is 2.07. The molecule has 0 amide bonds. The van der Waals surface area contributed by atoms with E-state index in [1.54, 1.807) is 18.4 Å². The molecule has 3 aromatic heterocycles. The van der Waals surface area contributed by atoms with E-state index < -0.39 is 0 Å². The third-order valence-electron chi connectivity index (χ3n) is 3.24. The van der Waals surface area contributed by atoms with Crippen molar-refractivity contribution in [1.82, 2.24) is 18.7 Å². The van der Waals surface area contributed by atoms with Crippen LogP contribution >= 0.6 is 43.2 Å². The van der Waals surface area contributed by atoms with Gasteiger partial charge in [0, 0.05) is 19.0 Å². The molecule has 0 radical (unpaired) electrons. The zero-order chi connectivity index (χ0) is 15.3. The van der Waals surface area contributed by atoms with Crippen LogP contribution < -0.4 is 11.2 Å². The van der Waals surface area contributed by atoms with E-state index in [0.717, 1.165) is 13.2 Å². The third-order valence-corrected chi connectivity index (χ3v) is 5.45. The number of halogens is 2. The van der Waals surface area contributed by atoms with Crippen molar-refractivity contribution in [2.24, 2.45) is 14.1 Å². The maximum Gasteiger partial charge on any atom is 0.332 e. The van der Waals surface area contributed by atoms with E-state index in [-0.39, 0.29) is 16.8 Å². The van der Waals surface area contributed by atoms with Crippen LogP contribution in [-0.4, -0.2) is 18.7 Å². The zero-order valence-corrected chi connectivity index (χ0v) is 15.1. The molecule has 0 unspecified atom stereocenters. The van der Waals surface area contributed by atoms with E-state index >= 15 is 0 Å². The molecule has 0 atom stereocenters. The van der Waals surface area contributed by atoms with Crippen molar-refractivity contribution >= 4 is 54.4 Å². The monoisotopic (exact) mass is 432 g/mol. The second kappa shape index (κ2) is 5.22. The van der Waals surface area contributed by atoms with Crippen molar-refractivity contribution in [3.8, 4) is 0 Å². The van der Waals surface area contributed by atoms with Crippen molar-refractivity contribution in [3.63, 3.8) is 0 Å². The highest BCUT2D eigenvalue weighted by molar-refractivity contribution is 9.11. The van der Waals surface area contributed by atoms with Crippen molar-refractivity contribution in [3.05, 3.63) is 46.4 Å². The van der Waals surface area contributed by atoms with Gasteiger partial charge in [-0.15, -0.1) is 11.3 Å². The highest BCUT2D eigenvalue weighted by atomic mass is 79.9. The third kappa shape index (κ3) is 2.33. The van der Waals surface area contributed by atoms with Crippen LogP contribution in [0.3, 0.4) is 0 Å². The zero-order valence-electron chi connectivity index (χ0n) is 11.1. The Balaban J connectivity index is 2.31. The first-order chi connectivity index (χ1) is 9.90. The second-order valence-corrected chi connectivity index (χ2v) is 7.81. The lowest BCUT2D eigenvalue weighted by Crippen LogP contribution is -2.37. The molecule has 0 bridgehead atoms. The molecule has 0 aliphatic rings. The smallest absolute Gasteiger partial charge is 0.299 e. The minimum atomic E-state index is -0.389. The molecule has 110 valence electrons. The number of rotatable bonds is 2. The Bertz CT molecular complexity index is 966. The lowest BCUT2D eigenvalue weighted by atomic mass is 10.4. The van der Waals surface area contributed by atoms with Crippen molar-refractivity contribution in [2.45, 2.75) is 6.54 Å². The number of fused-ring (bicyclic) bond motifs is 1. The first kappa shape index (κ1) is 14.7. The molecule has 0 aliphatic carbocycles. The summed E-state index contributed by atoms with van der Waals surface area (Å²) in [5.41, 5.74) is 0.0371. The van der Waals surface area contributed by atoms with E-state index in [4.69, 9.17) is 0 Å². The molecule has 9 heteroatoms. The Morgan fingerprint density at radius 1 is 1.19 bits per heavy atom. The van der Waals surface area contributed by atoms with Crippen LogP contribution in [-0.2, 0) is 20.6 Å². The average Bonchev–Trinajstić information content (AvgIpc) is 2.99. The first-order valence-corrected chi connectivity index (χ1v) is 8.36. The van der Waals surface area contributed by atoms with Crippen molar-refractivity contribution in [1.29, 1.82) is 0 Å². The second-order valence-electron chi connectivity index (χ2n) is 4.55. The summed E-state index contributed by atoms with van der Waals surface area (Å²) in [6.07, 6.45) is 0. The molecule has 3 aromatic rings. The summed E-state index contributed by atoms with van der Waals surface area (Å²) >= 11 is 8.39. The summed E-state index contributed by atoms with van der Waals surface area (Å²) in [5, 5.41) is 0. The number of thiophene rings is 1. The Hall–Kier alpha value is -1.19. The lowest BCUT2D eigenvalue weighted by Gasteiger charge is -2.08. The van der Waals surface area contributed by atoms with Gasteiger partial charge in [-0.1, -0.05) is 0 Å². The van der Waals surface area contributed by atoms with Gasteiger partial charge in [-0.05, 0) is 44.0 Å². The molecule has 0 saturated heterocycles. The predicted molar refractivity (Wildman–Crippen MR) is 89.0 cm³/mol. The maximum atomic E-state index is 12.2. The van der Waals surface area contributed by atoms with Gasteiger partial charge in [-0.3, -0.25) is 18.5 Å². The summed E-state index contributed by atoms with van der Waals surface area (Å²) in [5.74, 6) is 0. The highest BCUT2D eigenvalue weighted by Gasteiger charge is 2.18. The van der Waals surface area contributed by atoms with Crippen LogP contribution in [0.2, 0.25) is 0 Å². The van der Waals surface area contributed by atoms with Crippen LogP contribution in [0, 0.1) is 0 Å². The summed E-state index contributed by atoms with van der Waals surface area (Å²) < 4.78 is 5.88. The van der Waals surface area contributed by atoms with Gasteiger partial charge in [0.2, 0.25) is 0 Å². The van der Waals surface area contributed by atoms with Crippen molar-refractivity contribution in [2.75, 3.05) is 0 Å². The number of nitrogens with zero attached hydrogens (tertiary/aromatic N) is 4. The maximum absolute atomic E-state index is 12.2. The van der Waals surface area contributed by atoms with Gasteiger partial charge in [0.1, 0.15) is 0 Å². The first-order valence-electron chi connectivity index (χ1n) is 5.96. The Morgan fingerprint density at radius 3 is 2.52 bits per heavy atom. The number of hydrogen-bond acceptors (Lipinski definition) is 4. The molecule has 0 saturated carbocycles. The normalized spacial score (nSPS) is 11.4. The van der Waals surface area contributed by atoms with Crippen LogP contribution in [0.1, 0.15) is 4.88 Å². The van der Waals surface area contributed by atoms with E-state index in [2.05, 4.69) is 36.8 Å². The van der Waals surface area contributed by atoms with Gasteiger partial charge >= 0.3 is 5.69 Å². The molecule has 0 N–H and O–H groups in total. The molecule has 3 heterocycles. The summed E-state index contributed by atoms with van der Waals surface area (Å²) in [7, 11) is 3.09. The van der Waals surface area contributed by atoms with Gasteiger partial charge in [0.05, 0.1) is 10.3 Å². The van der Waals surface area contributed by atoms with Gasteiger partial charge in [-0.25, -0.2) is 9.78 Å². The molecular formula is C12H10Br2N4O2S. The van der Waals surface area contributed by atoms with Gasteiger partial charge in [0.15, 0.2) is 15.9 Å². The molecule has 6 nitrogen and oxygen atoms in total. The fraction of sp³-hybridized carbons (Fsp3) is 0.250. The topological polar surface area (TPSA) is 61.8 Å². The number of aryl methyl sites for hydroxylation is 1. The molecule has 21 heavy (non-hydrogen) atoms. The lowest BCUT2D eigenvalue weighted by molar-refractivity contribution is 0.687. The summed E-state index contributed by atoms with van der Waals surface area (Å²) in [6.45, 7) is 0.536. The standard InChI is InChI=1S/C12H10Br2N4O2S/c1-16-9-8(10(19)17(2)12(16)20)15-11(14)18(9)5-6-3-4-7(13)21-6/h3-4H,5H2,1-2H3. The molecule has 0 spiro atoms. The minimum Gasteiger partial charge on any atom is -0.299 e.